The van der Waals surface area contributed by atoms with Gasteiger partial charge in [0.2, 0.25) is 11.8 Å². The highest BCUT2D eigenvalue weighted by Crippen LogP contribution is 2.34. The van der Waals surface area contributed by atoms with Gasteiger partial charge in [0.15, 0.2) is 22.7 Å². The van der Waals surface area contributed by atoms with Gasteiger partial charge < -0.3 is 18.5 Å². The molecule has 34 heavy (non-hydrogen) atoms. The Hall–Kier alpha value is -4.62. The van der Waals surface area contributed by atoms with Gasteiger partial charge in [-0.1, -0.05) is 48.5 Å². The molecule has 0 saturated heterocycles. The molecule has 0 amide bonds. The number of nitrogens with zero attached hydrogens (tertiary/aromatic N) is 3. The second-order valence-corrected chi connectivity index (χ2v) is 7.59. The standard InChI is InChI=1S/C27H19N3O4/c1-30(33-22-14-6-2-10-18(22)26-28-20-12-4-8-16-24(20)31-26)34-23-15-7-3-11-19(23)27-29-21-13-5-9-17-25(21)32-27/h2-17H,1H3. The van der Waals surface area contributed by atoms with Crippen LogP contribution in [0.4, 0.5) is 0 Å². The predicted molar refractivity (Wildman–Crippen MR) is 128 cm³/mol. The van der Waals surface area contributed by atoms with Crippen molar-refractivity contribution < 1.29 is 18.5 Å². The lowest BCUT2D eigenvalue weighted by Crippen LogP contribution is -2.27. The smallest absolute Gasteiger partial charge is 0.231 e. The lowest BCUT2D eigenvalue weighted by molar-refractivity contribution is -0.235. The van der Waals surface area contributed by atoms with Crippen LogP contribution in [-0.2, 0) is 0 Å². The zero-order chi connectivity index (χ0) is 22.9. The Bertz CT molecular complexity index is 1420. The molecule has 4 aromatic carbocycles. The highest BCUT2D eigenvalue weighted by molar-refractivity contribution is 5.78. The first-order valence-electron chi connectivity index (χ1n) is 10.7. The van der Waals surface area contributed by atoms with Crippen LogP contribution >= 0.6 is 0 Å². The first-order valence-corrected chi connectivity index (χ1v) is 10.7. The van der Waals surface area contributed by atoms with E-state index >= 15 is 0 Å². The molecule has 0 fully saturated rings. The predicted octanol–water partition coefficient (Wildman–Crippen LogP) is 6.52. The van der Waals surface area contributed by atoms with Gasteiger partial charge in [0, 0.05) is 5.23 Å². The molecule has 0 aliphatic heterocycles. The summed E-state index contributed by atoms with van der Waals surface area (Å²) in [4.78, 5) is 21.2. The van der Waals surface area contributed by atoms with Crippen LogP contribution in [0.5, 0.6) is 11.5 Å². The second-order valence-electron chi connectivity index (χ2n) is 7.59. The summed E-state index contributed by atoms with van der Waals surface area (Å²) in [5.74, 6) is 2.01. The average molecular weight is 449 g/mol. The maximum atomic E-state index is 6.01. The van der Waals surface area contributed by atoms with Gasteiger partial charge >= 0.3 is 0 Å². The third-order valence-corrected chi connectivity index (χ3v) is 5.28. The van der Waals surface area contributed by atoms with Crippen LogP contribution in [0, 0.1) is 0 Å². The molecule has 0 atom stereocenters. The summed E-state index contributed by atoms with van der Waals surface area (Å²) in [5.41, 5.74) is 4.41. The van der Waals surface area contributed by atoms with Crippen LogP contribution < -0.4 is 9.68 Å². The number of para-hydroxylation sites is 6. The number of hydrogen-bond donors (Lipinski definition) is 0. The number of fused-ring (bicyclic) bond motifs is 2. The largest absolute Gasteiger partial charge is 0.436 e. The van der Waals surface area contributed by atoms with Crippen LogP contribution in [0.2, 0.25) is 0 Å². The Morgan fingerprint density at radius 2 is 0.971 bits per heavy atom. The normalized spacial score (nSPS) is 11.4. The molecule has 7 heteroatoms. The molecule has 6 rings (SSSR count). The summed E-state index contributed by atoms with van der Waals surface area (Å²) in [6, 6.07) is 30.2. The highest BCUT2D eigenvalue weighted by Gasteiger charge is 2.18. The van der Waals surface area contributed by atoms with Crippen LogP contribution in [-0.4, -0.2) is 22.2 Å². The summed E-state index contributed by atoms with van der Waals surface area (Å²) in [6.45, 7) is 0. The molecule has 0 spiro atoms. The molecule has 0 aliphatic rings. The molecule has 2 aromatic heterocycles. The van der Waals surface area contributed by atoms with Crippen molar-refractivity contribution in [3.63, 3.8) is 0 Å². The Morgan fingerprint density at radius 3 is 1.44 bits per heavy atom. The fourth-order valence-corrected chi connectivity index (χ4v) is 3.72. The summed E-state index contributed by atoms with van der Waals surface area (Å²) in [7, 11) is 1.67. The van der Waals surface area contributed by atoms with Gasteiger partial charge in [0.25, 0.3) is 0 Å². The van der Waals surface area contributed by atoms with Crippen molar-refractivity contribution in [3.05, 3.63) is 97.1 Å². The number of aromatic nitrogens is 2. The van der Waals surface area contributed by atoms with Crippen molar-refractivity contribution in [3.8, 4) is 34.4 Å². The van der Waals surface area contributed by atoms with Gasteiger partial charge in [0.05, 0.1) is 18.2 Å². The monoisotopic (exact) mass is 449 g/mol. The fourth-order valence-electron chi connectivity index (χ4n) is 3.72. The molecular weight excluding hydrogens is 430 g/mol. The van der Waals surface area contributed by atoms with E-state index in [-0.39, 0.29) is 0 Å². The molecular formula is C27H19N3O4. The zero-order valence-electron chi connectivity index (χ0n) is 18.2. The van der Waals surface area contributed by atoms with Gasteiger partial charge in [-0.3, -0.25) is 0 Å². The van der Waals surface area contributed by atoms with Crippen molar-refractivity contribution in [2.24, 2.45) is 0 Å². The molecule has 7 nitrogen and oxygen atoms in total. The number of rotatable bonds is 6. The summed E-state index contributed by atoms with van der Waals surface area (Å²) in [5, 5.41) is 1.28. The first kappa shape index (κ1) is 20.0. The van der Waals surface area contributed by atoms with E-state index in [1.54, 1.807) is 7.05 Å². The van der Waals surface area contributed by atoms with Crippen molar-refractivity contribution in [1.29, 1.82) is 0 Å². The summed E-state index contributed by atoms with van der Waals surface area (Å²) in [6.07, 6.45) is 0. The zero-order valence-corrected chi connectivity index (χ0v) is 18.2. The number of hydrogen-bond acceptors (Lipinski definition) is 7. The van der Waals surface area contributed by atoms with Gasteiger partial charge in [-0.05, 0) is 48.5 Å². The minimum atomic E-state index is 0.470. The average Bonchev–Trinajstić information content (AvgIpc) is 3.49. The molecule has 166 valence electrons. The molecule has 2 heterocycles. The van der Waals surface area contributed by atoms with Gasteiger partial charge in [0.1, 0.15) is 11.0 Å². The maximum Gasteiger partial charge on any atom is 0.231 e. The third kappa shape index (κ3) is 3.74. The van der Waals surface area contributed by atoms with Crippen LogP contribution in [0.3, 0.4) is 0 Å². The fraction of sp³-hybridized carbons (Fsp3) is 0.0370. The Labute approximate surface area is 194 Å². The number of benzene rings is 4. The minimum absolute atomic E-state index is 0.470. The maximum absolute atomic E-state index is 6.01. The van der Waals surface area contributed by atoms with Gasteiger partial charge in [-0.2, -0.15) is 0 Å². The van der Waals surface area contributed by atoms with E-state index < -0.39 is 0 Å². The SMILES string of the molecule is CN(Oc1ccccc1-c1nc2ccccc2o1)Oc1ccccc1-c1nc2ccccc2o1. The van der Waals surface area contributed by atoms with Gasteiger partial charge in [-0.15, -0.1) is 0 Å². The van der Waals surface area contributed by atoms with Crippen molar-refractivity contribution in [2.75, 3.05) is 7.05 Å². The van der Waals surface area contributed by atoms with E-state index in [0.29, 0.717) is 45.6 Å². The molecule has 0 aliphatic carbocycles. The molecule has 6 aromatic rings. The topological polar surface area (TPSA) is 73.8 Å². The Balaban J connectivity index is 1.28. The van der Waals surface area contributed by atoms with E-state index in [2.05, 4.69) is 9.97 Å². The van der Waals surface area contributed by atoms with E-state index in [0.717, 1.165) is 11.0 Å². The Kier molecular flexibility index (Phi) is 4.94. The van der Waals surface area contributed by atoms with E-state index in [4.69, 9.17) is 18.5 Å². The molecule has 0 N–H and O–H groups in total. The number of oxazole rings is 2. The van der Waals surface area contributed by atoms with Crippen LogP contribution in [0.1, 0.15) is 0 Å². The quantitative estimate of drug-likeness (QED) is 0.268. The highest BCUT2D eigenvalue weighted by atomic mass is 16.9. The summed E-state index contributed by atoms with van der Waals surface area (Å²) < 4.78 is 11.9. The van der Waals surface area contributed by atoms with Crippen molar-refractivity contribution in [2.45, 2.75) is 0 Å². The first-order chi connectivity index (χ1) is 16.7. The van der Waals surface area contributed by atoms with Crippen molar-refractivity contribution in [1.82, 2.24) is 15.2 Å². The van der Waals surface area contributed by atoms with Crippen LogP contribution in [0.15, 0.2) is 106 Å². The second kappa shape index (κ2) is 8.38. The summed E-state index contributed by atoms with van der Waals surface area (Å²) >= 11 is 0. The van der Waals surface area contributed by atoms with Crippen molar-refractivity contribution >= 4 is 22.2 Å². The van der Waals surface area contributed by atoms with E-state index in [1.807, 2.05) is 97.1 Å². The molecule has 0 radical (unpaired) electrons. The number of hydroxylamine groups is 2. The third-order valence-electron chi connectivity index (χ3n) is 5.28. The molecule has 0 saturated carbocycles. The van der Waals surface area contributed by atoms with E-state index in [1.165, 1.54) is 5.23 Å². The lowest BCUT2D eigenvalue weighted by atomic mass is 10.2. The lowest BCUT2D eigenvalue weighted by Gasteiger charge is -2.19. The van der Waals surface area contributed by atoms with E-state index in [9.17, 15) is 0 Å². The molecule has 0 unspecified atom stereocenters. The van der Waals surface area contributed by atoms with Gasteiger partial charge in [-0.25, -0.2) is 9.97 Å². The van der Waals surface area contributed by atoms with Crippen LogP contribution in [0.25, 0.3) is 45.1 Å². The minimum Gasteiger partial charge on any atom is -0.436 e. The Morgan fingerprint density at radius 1 is 0.559 bits per heavy atom. The molecule has 0 bridgehead atoms.